The molecule has 7 rings (SSSR count). The smallest absolute Gasteiger partial charge is 0.0674 e. The average Bonchev–Trinajstić information content (AvgIpc) is 3.68. The first kappa shape index (κ1) is 40.0. The van der Waals surface area contributed by atoms with Gasteiger partial charge in [-0.3, -0.25) is 0 Å². The third-order valence-corrected chi connectivity index (χ3v) is 17.6. The predicted molar refractivity (Wildman–Crippen MR) is 246 cm³/mol. The molecule has 4 aromatic carbocycles. The molecule has 4 heteroatoms. The molecule has 0 unspecified atom stereocenters. The van der Waals surface area contributed by atoms with Crippen LogP contribution >= 0.6 is 31.4 Å². The molecule has 0 radical (unpaired) electrons. The van der Waals surface area contributed by atoms with E-state index in [4.69, 9.17) is 0 Å². The summed E-state index contributed by atoms with van der Waals surface area (Å²) in [5.74, 6) is 2.58. The zero-order valence-electron chi connectivity index (χ0n) is 35.4. The van der Waals surface area contributed by atoms with E-state index in [9.17, 15) is 0 Å². The highest BCUT2D eigenvalue weighted by atomic mass is 32.2. The Labute approximate surface area is 338 Å². The third kappa shape index (κ3) is 7.87. The molecular formula is C50H66NPS2. The Morgan fingerprint density at radius 3 is 1.50 bits per heavy atom. The SMILES string of the molecule is CC(C)(C)c1cc(P(c2cc(C(C)(C)C)cc(C(C)(C)C)c2)c2cccc3c2[C@]2(CCc4cccc(NCC5SCCCS5)c42)CC3)cc(C(C)(C)C)c1. The maximum atomic E-state index is 4.07. The van der Waals surface area contributed by atoms with Crippen molar-refractivity contribution in [1.29, 1.82) is 0 Å². The zero-order chi connectivity index (χ0) is 38.8. The first-order chi connectivity index (χ1) is 25.3. The van der Waals surface area contributed by atoms with E-state index < -0.39 is 7.92 Å². The van der Waals surface area contributed by atoms with Gasteiger partial charge in [-0.05, 0) is 140 Å². The lowest BCUT2D eigenvalue weighted by Crippen LogP contribution is -2.34. The quantitative estimate of drug-likeness (QED) is 0.196. The van der Waals surface area contributed by atoms with Crippen LogP contribution in [0, 0.1) is 0 Å². The number of fused-ring (bicyclic) bond motifs is 4. The monoisotopic (exact) mass is 775 g/mol. The van der Waals surface area contributed by atoms with Gasteiger partial charge in [-0.1, -0.05) is 150 Å². The molecule has 54 heavy (non-hydrogen) atoms. The molecule has 1 N–H and O–H groups in total. The summed E-state index contributed by atoms with van der Waals surface area (Å²) in [6.07, 6.45) is 6.05. The van der Waals surface area contributed by atoms with E-state index >= 15 is 0 Å². The summed E-state index contributed by atoms with van der Waals surface area (Å²) in [6, 6.07) is 30.0. The number of aryl methyl sites for hydroxylation is 2. The largest absolute Gasteiger partial charge is 0.383 e. The maximum Gasteiger partial charge on any atom is 0.0674 e. The van der Waals surface area contributed by atoms with Crippen LogP contribution in [-0.2, 0) is 39.9 Å². The van der Waals surface area contributed by atoms with Gasteiger partial charge in [-0.15, -0.1) is 23.5 Å². The first-order valence-electron chi connectivity index (χ1n) is 20.6. The van der Waals surface area contributed by atoms with E-state index in [1.165, 1.54) is 69.3 Å². The molecule has 2 aliphatic carbocycles. The fourth-order valence-electron chi connectivity index (χ4n) is 8.99. The Morgan fingerprint density at radius 2 is 1.04 bits per heavy atom. The van der Waals surface area contributed by atoms with E-state index in [0.717, 1.165) is 19.4 Å². The Kier molecular flexibility index (Phi) is 10.8. The minimum Gasteiger partial charge on any atom is -0.383 e. The van der Waals surface area contributed by atoms with E-state index in [2.05, 4.69) is 185 Å². The molecular weight excluding hydrogens is 710 g/mol. The van der Waals surface area contributed by atoms with Gasteiger partial charge in [0.05, 0.1) is 4.58 Å². The molecule has 1 fully saturated rings. The van der Waals surface area contributed by atoms with Gasteiger partial charge in [0, 0.05) is 17.6 Å². The van der Waals surface area contributed by atoms with Crippen LogP contribution in [0.5, 0.6) is 0 Å². The van der Waals surface area contributed by atoms with Crippen LogP contribution < -0.4 is 21.2 Å². The van der Waals surface area contributed by atoms with Crippen molar-refractivity contribution in [3.8, 4) is 0 Å². The molecule has 0 amide bonds. The Bertz CT molecular complexity index is 1870. The highest BCUT2D eigenvalue weighted by molar-refractivity contribution is 8.17. The highest BCUT2D eigenvalue weighted by Crippen LogP contribution is 2.56. The molecule has 0 aromatic heterocycles. The molecule has 1 heterocycles. The number of nitrogens with one attached hydrogen (secondary N) is 1. The molecule has 0 saturated carbocycles. The molecule has 0 bridgehead atoms. The molecule has 1 nitrogen and oxygen atoms in total. The number of anilines is 1. The Hall–Kier alpha value is -2.19. The van der Waals surface area contributed by atoms with Crippen LogP contribution in [0.25, 0.3) is 0 Å². The second-order valence-corrected chi connectivity index (χ2v) is 25.6. The molecule has 1 aliphatic heterocycles. The van der Waals surface area contributed by atoms with Crippen molar-refractivity contribution in [2.45, 2.75) is 147 Å². The Morgan fingerprint density at radius 1 is 0.593 bits per heavy atom. The van der Waals surface area contributed by atoms with Crippen molar-refractivity contribution in [3.05, 3.63) is 117 Å². The van der Waals surface area contributed by atoms with Crippen LogP contribution in [-0.4, -0.2) is 22.6 Å². The number of hydrogen-bond donors (Lipinski definition) is 1. The number of thioether (sulfide) groups is 2. The number of benzene rings is 4. The summed E-state index contributed by atoms with van der Waals surface area (Å²) < 4.78 is 0.630. The van der Waals surface area contributed by atoms with Crippen molar-refractivity contribution >= 4 is 53.0 Å². The summed E-state index contributed by atoms with van der Waals surface area (Å²) in [4.78, 5) is 0. The predicted octanol–water partition coefficient (Wildman–Crippen LogP) is 12.4. The van der Waals surface area contributed by atoms with Gasteiger partial charge >= 0.3 is 0 Å². The fourth-order valence-corrected chi connectivity index (χ4v) is 14.4. The first-order valence-corrected chi connectivity index (χ1v) is 24.0. The fraction of sp³-hybridized carbons (Fsp3) is 0.520. The zero-order valence-corrected chi connectivity index (χ0v) is 38.0. The lowest BCUT2D eigenvalue weighted by atomic mass is 9.76. The lowest BCUT2D eigenvalue weighted by Gasteiger charge is -2.35. The minimum absolute atomic E-state index is 0.0290. The van der Waals surface area contributed by atoms with Gasteiger partial charge in [0.15, 0.2) is 0 Å². The van der Waals surface area contributed by atoms with Crippen molar-refractivity contribution in [3.63, 3.8) is 0 Å². The third-order valence-electron chi connectivity index (χ3n) is 12.3. The van der Waals surface area contributed by atoms with Crippen LogP contribution in [0.2, 0.25) is 0 Å². The van der Waals surface area contributed by atoms with Crippen molar-refractivity contribution in [2.24, 2.45) is 0 Å². The van der Waals surface area contributed by atoms with Crippen LogP contribution in [0.4, 0.5) is 5.69 Å². The normalized spacial score (nSPS) is 19.4. The van der Waals surface area contributed by atoms with Crippen LogP contribution in [0.1, 0.15) is 147 Å². The summed E-state index contributed by atoms with van der Waals surface area (Å²) in [5, 5.41) is 8.65. The van der Waals surface area contributed by atoms with E-state index in [1.807, 2.05) is 0 Å². The van der Waals surface area contributed by atoms with E-state index in [0.29, 0.717) is 4.58 Å². The maximum absolute atomic E-state index is 4.07. The second-order valence-electron chi connectivity index (χ2n) is 20.5. The average molecular weight is 776 g/mol. The van der Waals surface area contributed by atoms with Crippen molar-refractivity contribution in [2.75, 3.05) is 23.4 Å². The number of hydrogen-bond acceptors (Lipinski definition) is 3. The lowest BCUT2D eigenvalue weighted by molar-refractivity contribution is 0.510. The van der Waals surface area contributed by atoms with Gasteiger partial charge in [-0.25, -0.2) is 0 Å². The molecule has 288 valence electrons. The van der Waals surface area contributed by atoms with Gasteiger partial charge in [0.2, 0.25) is 0 Å². The van der Waals surface area contributed by atoms with Gasteiger partial charge in [-0.2, -0.15) is 0 Å². The van der Waals surface area contributed by atoms with Crippen LogP contribution in [0.3, 0.4) is 0 Å². The van der Waals surface area contributed by atoms with Gasteiger partial charge < -0.3 is 5.32 Å². The molecule has 4 aromatic rings. The number of rotatable bonds is 6. The van der Waals surface area contributed by atoms with Gasteiger partial charge in [0.1, 0.15) is 0 Å². The topological polar surface area (TPSA) is 12.0 Å². The Balaban J connectivity index is 1.49. The summed E-state index contributed by atoms with van der Waals surface area (Å²) in [5.41, 5.74) is 13.8. The summed E-state index contributed by atoms with van der Waals surface area (Å²) in [7, 11) is -0.889. The standard InChI is InChI=1S/C50H66NPS2/c1-46(2,3)35-26-36(47(4,5)6)29-39(28-35)52(40-30-37(48(7,8)9)27-38(31-40)49(10,11)12)42-19-14-17-34-21-23-50(45(34)42)22-20-33-16-13-18-41(44(33)50)51-32-43-53-24-15-25-54-43/h13-14,16-19,26-31,43,51H,15,20-25,32H2,1-12H3/t50-/m1/s1. The van der Waals surface area contributed by atoms with Crippen LogP contribution in [0.15, 0.2) is 72.8 Å². The summed E-state index contributed by atoms with van der Waals surface area (Å²) >= 11 is 4.29. The van der Waals surface area contributed by atoms with Gasteiger partial charge in [0.25, 0.3) is 0 Å². The molecule has 3 aliphatic rings. The van der Waals surface area contributed by atoms with Crippen molar-refractivity contribution < 1.29 is 0 Å². The summed E-state index contributed by atoms with van der Waals surface area (Å²) in [6.45, 7) is 29.7. The van der Waals surface area contributed by atoms with E-state index in [1.54, 1.807) is 27.6 Å². The molecule has 1 atom stereocenters. The minimum atomic E-state index is -0.889. The molecule has 1 saturated heterocycles. The van der Waals surface area contributed by atoms with E-state index in [-0.39, 0.29) is 27.1 Å². The molecule has 1 spiro atoms. The highest BCUT2D eigenvalue weighted by Gasteiger charge is 2.48. The van der Waals surface area contributed by atoms with Crippen molar-refractivity contribution in [1.82, 2.24) is 0 Å². The second kappa shape index (κ2) is 14.6.